The second-order valence-corrected chi connectivity index (χ2v) is 7.31. The fourth-order valence-electron chi connectivity index (χ4n) is 4.94. The largest absolute Gasteiger partial charge is 0.301 e. The van der Waals surface area contributed by atoms with E-state index >= 15 is 0 Å². The van der Waals surface area contributed by atoms with Gasteiger partial charge in [0.2, 0.25) is 0 Å². The number of hydrogen-bond donors (Lipinski definition) is 0. The monoisotopic (exact) mass is 295 g/mol. The smallest absolute Gasteiger partial charge is 0.154 e. The summed E-state index contributed by atoms with van der Waals surface area (Å²) in [4.78, 5) is 2.48. The lowest BCUT2D eigenvalue weighted by Crippen LogP contribution is -2.63. The van der Waals surface area contributed by atoms with E-state index in [1.807, 2.05) is 0 Å². The molecule has 3 atom stereocenters. The van der Waals surface area contributed by atoms with E-state index in [1.165, 1.54) is 16.8 Å². The summed E-state index contributed by atoms with van der Waals surface area (Å²) in [5.74, 6) is 1.09. The standard InChI is InChI=1S/C19H25N3/c1-6-18(3)14-10-8-9-13-11-12-15-20-21(5)17(19(18,4)7-2)22(15)16(13)14/h8-12,17H,6-7H2,1-5H3. The van der Waals surface area contributed by atoms with E-state index in [9.17, 15) is 0 Å². The van der Waals surface area contributed by atoms with Crippen molar-refractivity contribution in [3.8, 4) is 0 Å². The summed E-state index contributed by atoms with van der Waals surface area (Å²) in [5.41, 5.74) is 4.50. The minimum atomic E-state index is 0.151. The number of hydrazone groups is 1. The molecule has 0 saturated carbocycles. The van der Waals surface area contributed by atoms with E-state index in [1.54, 1.807) is 0 Å². The quantitative estimate of drug-likeness (QED) is 0.814. The van der Waals surface area contributed by atoms with Gasteiger partial charge in [-0.05, 0) is 36.1 Å². The van der Waals surface area contributed by atoms with Gasteiger partial charge >= 0.3 is 0 Å². The number of nitrogens with zero attached hydrogens (tertiary/aromatic N) is 3. The average molecular weight is 295 g/mol. The second kappa shape index (κ2) is 4.15. The molecule has 0 bridgehead atoms. The van der Waals surface area contributed by atoms with Crippen molar-refractivity contribution >= 4 is 17.6 Å². The number of hydrogen-bond acceptors (Lipinski definition) is 3. The first-order chi connectivity index (χ1) is 10.5. The van der Waals surface area contributed by atoms with E-state index < -0.39 is 0 Å². The highest BCUT2D eigenvalue weighted by molar-refractivity contribution is 6.14. The SMILES string of the molecule is CCC1(C)c2cccc3c2N2C(=NN(C)C2C1(C)CC)C=C3. The topological polar surface area (TPSA) is 18.8 Å². The third-order valence-electron chi connectivity index (χ3n) is 6.69. The summed E-state index contributed by atoms with van der Waals surface area (Å²) < 4.78 is 0. The van der Waals surface area contributed by atoms with Crippen molar-refractivity contribution in [1.82, 2.24) is 5.01 Å². The van der Waals surface area contributed by atoms with Gasteiger partial charge < -0.3 is 4.90 Å². The summed E-state index contributed by atoms with van der Waals surface area (Å²) in [5, 5.41) is 7.01. The predicted octanol–water partition coefficient (Wildman–Crippen LogP) is 4.20. The molecule has 0 fully saturated rings. The van der Waals surface area contributed by atoms with Crippen LogP contribution in [-0.2, 0) is 5.41 Å². The molecule has 0 aliphatic carbocycles. The molecule has 0 N–H and O–H groups in total. The first-order valence-corrected chi connectivity index (χ1v) is 8.40. The van der Waals surface area contributed by atoms with Gasteiger partial charge in [-0.3, -0.25) is 5.01 Å². The van der Waals surface area contributed by atoms with Crippen LogP contribution in [-0.4, -0.2) is 24.1 Å². The summed E-state index contributed by atoms with van der Waals surface area (Å²) in [6.45, 7) is 9.56. The van der Waals surface area contributed by atoms with Crippen LogP contribution in [0, 0.1) is 5.41 Å². The molecule has 3 heterocycles. The van der Waals surface area contributed by atoms with Gasteiger partial charge in [-0.2, -0.15) is 5.10 Å². The van der Waals surface area contributed by atoms with Crippen molar-refractivity contribution in [3.63, 3.8) is 0 Å². The first-order valence-electron chi connectivity index (χ1n) is 8.40. The highest BCUT2D eigenvalue weighted by atomic mass is 15.6. The molecule has 3 aliphatic rings. The van der Waals surface area contributed by atoms with E-state index in [4.69, 9.17) is 5.10 Å². The van der Waals surface area contributed by atoms with Crippen LogP contribution in [0.5, 0.6) is 0 Å². The zero-order valence-corrected chi connectivity index (χ0v) is 14.2. The van der Waals surface area contributed by atoms with E-state index in [-0.39, 0.29) is 10.8 Å². The first kappa shape index (κ1) is 13.9. The van der Waals surface area contributed by atoms with Crippen LogP contribution < -0.4 is 4.90 Å². The predicted molar refractivity (Wildman–Crippen MR) is 93.0 cm³/mol. The Morgan fingerprint density at radius 2 is 1.91 bits per heavy atom. The van der Waals surface area contributed by atoms with Gasteiger partial charge in [-0.25, -0.2) is 0 Å². The van der Waals surface area contributed by atoms with Crippen molar-refractivity contribution in [2.24, 2.45) is 10.5 Å². The van der Waals surface area contributed by atoms with Crippen molar-refractivity contribution < 1.29 is 0 Å². The maximum atomic E-state index is 4.83. The lowest BCUT2D eigenvalue weighted by Gasteiger charge is -2.58. The molecule has 0 aromatic heterocycles. The van der Waals surface area contributed by atoms with Crippen LogP contribution >= 0.6 is 0 Å². The van der Waals surface area contributed by atoms with Gasteiger partial charge in [0, 0.05) is 17.9 Å². The minimum absolute atomic E-state index is 0.151. The van der Waals surface area contributed by atoms with Crippen LogP contribution in [0.25, 0.3) is 6.08 Å². The number of rotatable bonds is 2. The van der Waals surface area contributed by atoms with Crippen molar-refractivity contribution in [1.29, 1.82) is 0 Å². The Morgan fingerprint density at radius 1 is 1.14 bits per heavy atom. The van der Waals surface area contributed by atoms with Gasteiger partial charge in [0.1, 0.15) is 6.17 Å². The zero-order chi connectivity index (χ0) is 15.7. The summed E-state index contributed by atoms with van der Waals surface area (Å²) in [6, 6.07) is 6.78. The molecule has 22 heavy (non-hydrogen) atoms. The summed E-state index contributed by atoms with van der Waals surface area (Å²) in [6.07, 6.45) is 6.96. The molecule has 3 heteroatoms. The van der Waals surface area contributed by atoms with Crippen LogP contribution in [0.15, 0.2) is 29.4 Å². The Morgan fingerprint density at radius 3 is 2.59 bits per heavy atom. The fourth-order valence-corrected chi connectivity index (χ4v) is 4.94. The van der Waals surface area contributed by atoms with Gasteiger partial charge in [0.25, 0.3) is 0 Å². The molecule has 3 unspecified atom stereocenters. The highest BCUT2D eigenvalue weighted by Gasteiger charge is 2.59. The van der Waals surface area contributed by atoms with Crippen molar-refractivity contribution in [2.75, 3.05) is 11.9 Å². The molecule has 4 rings (SSSR count). The minimum Gasteiger partial charge on any atom is -0.301 e. The fraction of sp³-hybridized carbons (Fsp3) is 0.526. The molecule has 0 spiro atoms. The van der Waals surface area contributed by atoms with Gasteiger partial charge in [0.15, 0.2) is 5.84 Å². The maximum Gasteiger partial charge on any atom is 0.154 e. The second-order valence-electron chi connectivity index (χ2n) is 7.31. The molecule has 3 nitrogen and oxygen atoms in total. The normalized spacial score (nSPS) is 34.8. The van der Waals surface area contributed by atoms with Gasteiger partial charge in [0.05, 0.1) is 5.69 Å². The molecule has 3 aliphatic heterocycles. The van der Waals surface area contributed by atoms with Gasteiger partial charge in [-0.1, -0.05) is 45.9 Å². The van der Waals surface area contributed by atoms with E-state index in [0.717, 1.165) is 18.7 Å². The van der Waals surface area contributed by atoms with Crippen molar-refractivity contribution in [2.45, 2.75) is 52.1 Å². The number of para-hydroxylation sites is 1. The molecule has 1 aromatic rings. The summed E-state index contributed by atoms with van der Waals surface area (Å²) >= 11 is 0. The Kier molecular flexibility index (Phi) is 2.62. The molecular formula is C19H25N3. The lowest BCUT2D eigenvalue weighted by atomic mass is 9.54. The molecular weight excluding hydrogens is 270 g/mol. The van der Waals surface area contributed by atoms with Crippen LogP contribution in [0.2, 0.25) is 0 Å². The van der Waals surface area contributed by atoms with Crippen molar-refractivity contribution in [3.05, 3.63) is 35.4 Å². The molecule has 116 valence electrons. The van der Waals surface area contributed by atoms with Crippen LogP contribution in [0.1, 0.15) is 51.7 Å². The third kappa shape index (κ3) is 1.31. The van der Waals surface area contributed by atoms with Crippen LogP contribution in [0.3, 0.4) is 0 Å². The average Bonchev–Trinajstić information content (AvgIpc) is 2.88. The Bertz CT molecular complexity index is 705. The Hall–Kier alpha value is -1.77. The highest BCUT2D eigenvalue weighted by Crippen LogP contribution is 2.60. The third-order valence-corrected chi connectivity index (χ3v) is 6.69. The molecule has 0 amide bonds. The van der Waals surface area contributed by atoms with Gasteiger partial charge in [-0.15, -0.1) is 0 Å². The number of anilines is 1. The Labute approximate surface area is 133 Å². The molecule has 0 saturated heterocycles. The van der Waals surface area contributed by atoms with Crippen LogP contribution in [0.4, 0.5) is 5.69 Å². The molecule has 1 aromatic carbocycles. The Balaban J connectivity index is 2.09. The zero-order valence-electron chi connectivity index (χ0n) is 14.2. The number of benzene rings is 1. The summed E-state index contributed by atoms with van der Waals surface area (Å²) in [7, 11) is 2.13. The maximum absolute atomic E-state index is 4.83. The number of amidine groups is 1. The van der Waals surface area contributed by atoms with E-state index in [0.29, 0.717) is 6.17 Å². The molecule has 0 radical (unpaired) electrons. The van der Waals surface area contributed by atoms with E-state index in [2.05, 4.69) is 75.0 Å². The lowest BCUT2D eigenvalue weighted by molar-refractivity contribution is 0.0252.